The summed E-state index contributed by atoms with van der Waals surface area (Å²) in [6, 6.07) is 9.41. The Bertz CT molecular complexity index is 349. The van der Waals surface area contributed by atoms with Crippen LogP contribution in [0.5, 0.6) is 0 Å². The minimum absolute atomic E-state index is 0.662. The molecule has 1 atom stereocenters. The van der Waals surface area contributed by atoms with Crippen LogP contribution in [-0.4, -0.2) is 30.6 Å². The minimum Gasteiger partial charge on any atom is -0.314 e. The van der Waals surface area contributed by atoms with E-state index < -0.39 is 0 Å². The molecule has 1 aromatic rings. The highest BCUT2D eigenvalue weighted by molar-refractivity contribution is 5.25. The Hall–Kier alpha value is -0.860. The van der Waals surface area contributed by atoms with Crippen LogP contribution < -0.4 is 5.32 Å². The molecule has 2 heteroatoms. The molecule has 1 fully saturated rings. The molecule has 94 valence electrons. The number of rotatable bonds is 2. The van der Waals surface area contributed by atoms with Gasteiger partial charge in [0.25, 0.3) is 0 Å². The van der Waals surface area contributed by atoms with E-state index in [1.165, 1.54) is 37.1 Å². The van der Waals surface area contributed by atoms with Gasteiger partial charge in [-0.3, -0.25) is 4.90 Å². The van der Waals surface area contributed by atoms with Gasteiger partial charge in [0.1, 0.15) is 0 Å². The normalized spacial score (nSPS) is 23.1. The van der Waals surface area contributed by atoms with E-state index in [0.717, 1.165) is 13.1 Å². The van der Waals surface area contributed by atoms with Crippen LogP contribution in [0, 0.1) is 6.92 Å². The van der Waals surface area contributed by atoms with Crippen LogP contribution in [0.3, 0.4) is 0 Å². The van der Waals surface area contributed by atoms with Crippen LogP contribution in [0.15, 0.2) is 24.3 Å². The highest BCUT2D eigenvalue weighted by atomic mass is 15.1. The Labute approximate surface area is 105 Å². The summed E-state index contributed by atoms with van der Waals surface area (Å²) in [6.07, 6.45) is 2.52. The number of hydrogen-bond donors (Lipinski definition) is 1. The average Bonchev–Trinajstić information content (AvgIpc) is 2.31. The number of aryl methyl sites for hydroxylation is 1. The Kier molecular flexibility index (Phi) is 4.57. The predicted molar refractivity (Wildman–Crippen MR) is 73.2 cm³/mol. The van der Waals surface area contributed by atoms with Crippen LogP contribution in [0.2, 0.25) is 0 Å². The van der Waals surface area contributed by atoms with E-state index in [4.69, 9.17) is 0 Å². The van der Waals surface area contributed by atoms with E-state index >= 15 is 0 Å². The van der Waals surface area contributed by atoms with E-state index in [1.54, 1.807) is 0 Å². The fourth-order valence-electron chi connectivity index (χ4n) is 2.43. The van der Waals surface area contributed by atoms with Gasteiger partial charge in [0.05, 0.1) is 0 Å². The number of benzene rings is 1. The van der Waals surface area contributed by atoms with Gasteiger partial charge in [0.15, 0.2) is 0 Å². The molecule has 1 N–H and O–H groups in total. The van der Waals surface area contributed by atoms with Gasteiger partial charge < -0.3 is 5.32 Å². The van der Waals surface area contributed by atoms with Crippen LogP contribution in [0.4, 0.5) is 0 Å². The van der Waals surface area contributed by atoms with E-state index in [1.807, 2.05) is 0 Å². The zero-order valence-corrected chi connectivity index (χ0v) is 11.1. The first-order valence-corrected chi connectivity index (χ1v) is 6.76. The third-order valence-corrected chi connectivity index (χ3v) is 3.68. The van der Waals surface area contributed by atoms with Crippen LogP contribution in [0.1, 0.15) is 30.9 Å². The van der Waals surface area contributed by atoms with Crippen molar-refractivity contribution < 1.29 is 0 Å². The van der Waals surface area contributed by atoms with E-state index in [0.29, 0.717) is 6.04 Å². The van der Waals surface area contributed by atoms with Gasteiger partial charge in [0.2, 0.25) is 0 Å². The summed E-state index contributed by atoms with van der Waals surface area (Å²) in [5.41, 5.74) is 2.90. The minimum atomic E-state index is 0.662. The zero-order valence-electron chi connectivity index (χ0n) is 11.1. The molecule has 0 spiro atoms. The van der Waals surface area contributed by atoms with Crippen molar-refractivity contribution in [1.82, 2.24) is 10.2 Å². The summed E-state index contributed by atoms with van der Waals surface area (Å²) in [5.74, 6) is 0. The molecule has 1 aromatic carbocycles. The lowest BCUT2D eigenvalue weighted by molar-refractivity contribution is 0.229. The van der Waals surface area contributed by atoms with Crippen molar-refractivity contribution in [3.8, 4) is 0 Å². The van der Waals surface area contributed by atoms with Gasteiger partial charge >= 0.3 is 0 Å². The third-order valence-electron chi connectivity index (χ3n) is 3.68. The molecule has 0 amide bonds. The first-order chi connectivity index (χ1) is 8.25. The van der Waals surface area contributed by atoms with Gasteiger partial charge in [-0.2, -0.15) is 0 Å². The molecule has 1 aliphatic rings. The lowest BCUT2D eigenvalue weighted by atomic mass is 10.1. The van der Waals surface area contributed by atoms with Crippen molar-refractivity contribution >= 4 is 0 Å². The van der Waals surface area contributed by atoms with Crippen molar-refractivity contribution in [3.63, 3.8) is 0 Å². The maximum absolute atomic E-state index is 3.55. The monoisotopic (exact) mass is 232 g/mol. The fourth-order valence-corrected chi connectivity index (χ4v) is 2.43. The van der Waals surface area contributed by atoms with Crippen LogP contribution in [-0.2, 0) is 6.54 Å². The average molecular weight is 232 g/mol. The van der Waals surface area contributed by atoms with Gasteiger partial charge in [-0.15, -0.1) is 0 Å². The highest BCUT2D eigenvalue weighted by Crippen LogP contribution is 2.12. The molecule has 1 heterocycles. The molecule has 0 radical (unpaired) electrons. The van der Waals surface area contributed by atoms with Gasteiger partial charge in [-0.05, 0) is 57.5 Å². The Morgan fingerprint density at radius 1 is 1.29 bits per heavy atom. The summed E-state index contributed by atoms with van der Waals surface area (Å²) in [4.78, 5) is 2.60. The standard InChI is InChI=1S/C15H24N2/c1-13-6-3-4-7-15(13)12-17-10-5-9-16-14(2)8-11-17/h3-4,6-7,14,16H,5,8-12H2,1-2H3. The predicted octanol–water partition coefficient (Wildman–Crippen LogP) is 2.57. The molecule has 0 aromatic heterocycles. The smallest absolute Gasteiger partial charge is 0.0236 e. The second-order valence-electron chi connectivity index (χ2n) is 5.20. The Morgan fingerprint density at radius 3 is 2.94 bits per heavy atom. The molecular weight excluding hydrogens is 208 g/mol. The van der Waals surface area contributed by atoms with E-state index in [-0.39, 0.29) is 0 Å². The molecular formula is C15H24N2. The second kappa shape index (κ2) is 6.18. The molecule has 1 aliphatic heterocycles. The quantitative estimate of drug-likeness (QED) is 0.843. The molecule has 17 heavy (non-hydrogen) atoms. The summed E-state index contributed by atoms with van der Waals surface area (Å²) in [7, 11) is 0. The second-order valence-corrected chi connectivity index (χ2v) is 5.20. The highest BCUT2D eigenvalue weighted by Gasteiger charge is 2.12. The molecule has 1 saturated heterocycles. The van der Waals surface area contributed by atoms with Crippen LogP contribution >= 0.6 is 0 Å². The molecule has 0 saturated carbocycles. The van der Waals surface area contributed by atoms with Crippen LogP contribution in [0.25, 0.3) is 0 Å². The van der Waals surface area contributed by atoms with Gasteiger partial charge in [0, 0.05) is 12.6 Å². The summed E-state index contributed by atoms with van der Waals surface area (Å²) < 4.78 is 0. The SMILES string of the molecule is Cc1ccccc1CN1CCCNC(C)CC1. The Balaban J connectivity index is 1.95. The van der Waals surface area contributed by atoms with Crippen molar-refractivity contribution in [1.29, 1.82) is 0 Å². The van der Waals surface area contributed by atoms with Crippen molar-refractivity contribution in [2.24, 2.45) is 0 Å². The molecule has 0 bridgehead atoms. The first kappa shape index (κ1) is 12.6. The molecule has 2 rings (SSSR count). The largest absolute Gasteiger partial charge is 0.314 e. The first-order valence-electron chi connectivity index (χ1n) is 6.76. The molecule has 0 aliphatic carbocycles. The maximum atomic E-state index is 3.55. The number of nitrogens with zero attached hydrogens (tertiary/aromatic N) is 1. The van der Waals surface area contributed by atoms with Crippen molar-refractivity contribution in [3.05, 3.63) is 35.4 Å². The van der Waals surface area contributed by atoms with E-state index in [2.05, 4.69) is 48.3 Å². The van der Waals surface area contributed by atoms with E-state index in [9.17, 15) is 0 Å². The third kappa shape index (κ3) is 3.83. The van der Waals surface area contributed by atoms with Crippen molar-refractivity contribution in [2.75, 3.05) is 19.6 Å². The zero-order chi connectivity index (χ0) is 12.1. The van der Waals surface area contributed by atoms with Crippen molar-refractivity contribution in [2.45, 2.75) is 39.3 Å². The topological polar surface area (TPSA) is 15.3 Å². The molecule has 2 nitrogen and oxygen atoms in total. The fraction of sp³-hybridized carbons (Fsp3) is 0.600. The lowest BCUT2D eigenvalue weighted by Crippen LogP contribution is -2.38. The summed E-state index contributed by atoms with van der Waals surface area (Å²) >= 11 is 0. The summed E-state index contributed by atoms with van der Waals surface area (Å²) in [5, 5.41) is 3.55. The molecule has 1 unspecified atom stereocenters. The number of nitrogens with one attached hydrogen (secondary N) is 1. The number of hydrogen-bond acceptors (Lipinski definition) is 2. The Morgan fingerprint density at radius 2 is 2.12 bits per heavy atom. The lowest BCUT2D eigenvalue weighted by Gasteiger charge is -2.28. The van der Waals surface area contributed by atoms with Gasteiger partial charge in [-0.1, -0.05) is 24.3 Å². The maximum Gasteiger partial charge on any atom is 0.0236 e. The van der Waals surface area contributed by atoms with Gasteiger partial charge in [-0.25, -0.2) is 0 Å². The summed E-state index contributed by atoms with van der Waals surface area (Å²) in [6.45, 7) is 9.20.